The minimum Gasteiger partial charge on any atom is -0.399 e. The second-order valence-electron chi connectivity index (χ2n) is 4.20. The summed E-state index contributed by atoms with van der Waals surface area (Å²) in [6.45, 7) is 0. The minimum absolute atomic E-state index is 0.364. The van der Waals surface area contributed by atoms with Gasteiger partial charge in [-0.25, -0.2) is 9.07 Å². The third kappa shape index (κ3) is 1.97. The highest BCUT2D eigenvalue weighted by Crippen LogP contribution is 2.20. The van der Waals surface area contributed by atoms with Gasteiger partial charge in [0.05, 0.1) is 5.69 Å². The largest absolute Gasteiger partial charge is 0.399 e. The lowest BCUT2D eigenvalue weighted by Gasteiger charge is -2.04. The predicted molar refractivity (Wildman–Crippen MR) is 70.1 cm³/mol. The molecule has 2 N–H and O–H groups in total. The van der Waals surface area contributed by atoms with E-state index in [0.29, 0.717) is 11.4 Å². The lowest BCUT2D eigenvalue weighted by molar-refractivity contribution is 0.611. The monoisotopic (exact) mass is 257 g/mol. The Labute approximate surface area is 109 Å². The van der Waals surface area contributed by atoms with Gasteiger partial charge in [-0.1, -0.05) is 0 Å². The smallest absolute Gasteiger partial charge is 0.150 e. The fourth-order valence-electron chi connectivity index (χ4n) is 1.93. The first kappa shape index (κ1) is 11.5. The first-order valence-corrected chi connectivity index (χ1v) is 5.74. The average molecular weight is 257 g/mol. The van der Waals surface area contributed by atoms with Crippen molar-refractivity contribution in [3.05, 3.63) is 48.5 Å². The number of nitrogens with zero attached hydrogens (tertiary/aromatic N) is 4. The molecule has 0 aliphatic carbocycles. The van der Waals surface area contributed by atoms with Crippen molar-refractivity contribution in [2.75, 3.05) is 5.73 Å². The number of benzene rings is 1. The molecule has 19 heavy (non-hydrogen) atoms. The highest BCUT2D eigenvalue weighted by Gasteiger charge is 2.10. The molecule has 6 heteroatoms. The van der Waals surface area contributed by atoms with Crippen molar-refractivity contribution < 1.29 is 4.39 Å². The molecule has 3 rings (SSSR count). The maximum absolute atomic E-state index is 13.8. The highest BCUT2D eigenvalue weighted by atomic mass is 19.1. The van der Waals surface area contributed by atoms with Gasteiger partial charge in [-0.05, 0) is 30.3 Å². The van der Waals surface area contributed by atoms with Crippen LogP contribution in [0.5, 0.6) is 0 Å². The van der Waals surface area contributed by atoms with Gasteiger partial charge in [0.15, 0.2) is 5.82 Å². The summed E-state index contributed by atoms with van der Waals surface area (Å²) < 4.78 is 17.0. The van der Waals surface area contributed by atoms with E-state index >= 15 is 0 Å². The zero-order valence-corrected chi connectivity index (χ0v) is 10.3. The van der Waals surface area contributed by atoms with E-state index in [1.807, 2.05) is 19.2 Å². The maximum Gasteiger partial charge on any atom is 0.150 e. The Balaban J connectivity index is 2.04. The molecule has 96 valence electrons. The van der Waals surface area contributed by atoms with Gasteiger partial charge < -0.3 is 5.73 Å². The molecule has 0 atom stereocenters. The summed E-state index contributed by atoms with van der Waals surface area (Å²) in [5.41, 5.74) is 7.88. The Morgan fingerprint density at radius 1 is 1.21 bits per heavy atom. The number of hydrogen-bond donors (Lipinski definition) is 1. The predicted octanol–water partition coefficient (Wildman–Crippen LogP) is 1.99. The molecule has 0 radical (unpaired) electrons. The average Bonchev–Trinajstić information content (AvgIpc) is 2.97. The number of nitrogen functional groups attached to an aromatic ring is 1. The van der Waals surface area contributed by atoms with E-state index in [2.05, 4.69) is 10.2 Å². The maximum atomic E-state index is 13.8. The molecule has 0 bridgehead atoms. The van der Waals surface area contributed by atoms with Crippen LogP contribution in [-0.2, 0) is 7.05 Å². The van der Waals surface area contributed by atoms with Crippen LogP contribution in [0.3, 0.4) is 0 Å². The van der Waals surface area contributed by atoms with E-state index in [0.717, 1.165) is 11.4 Å². The summed E-state index contributed by atoms with van der Waals surface area (Å²) in [5, 5.41) is 8.43. The molecular weight excluding hydrogens is 245 g/mol. The zero-order valence-electron chi connectivity index (χ0n) is 10.3. The van der Waals surface area contributed by atoms with Crippen molar-refractivity contribution in [3.8, 4) is 17.1 Å². The first-order valence-electron chi connectivity index (χ1n) is 5.74. The van der Waals surface area contributed by atoms with E-state index in [1.165, 1.54) is 10.7 Å². The summed E-state index contributed by atoms with van der Waals surface area (Å²) in [7, 11) is 1.83. The van der Waals surface area contributed by atoms with Gasteiger partial charge >= 0.3 is 0 Å². The summed E-state index contributed by atoms with van der Waals surface area (Å²) in [6.07, 6.45) is 3.40. The molecular formula is C13H12FN5. The second kappa shape index (κ2) is 4.24. The van der Waals surface area contributed by atoms with Gasteiger partial charge in [-0.2, -0.15) is 10.2 Å². The van der Waals surface area contributed by atoms with Gasteiger partial charge in [0.1, 0.15) is 11.4 Å². The third-order valence-electron chi connectivity index (χ3n) is 2.89. The van der Waals surface area contributed by atoms with E-state index in [4.69, 9.17) is 5.73 Å². The van der Waals surface area contributed by atoms with Crippen LogP contribution in [0, 0.1) is 5.82 Å². The summed E-state index contributed by atoms with van der Waals surface area (Å²) in [6, 6.07) is 8.19. The van der Waals surface area contributed by atoms with Crippen LogP contribution in [0.2, 0.25) is 0 Å². The van der Waals surface area contributed by atoms with Gasteiger partial charge in [-0.15, -0.1) is 0 Å². The van der Waals surface area contributed by atoms with Crippen molar-refractivity contribution in [1.29, 1.82) is 0 Å². The Morgan fingerprint density at radius 3 is 2.74 bits per heavy atom. The fourth-order valence-corrected chi connectivity index (χ4v) is 1.93. The summed E-state index contributed by atoms with van der Waals surface area (Å²) >= 11 is 0. The molecule has 2 aromatic heterocycles. The molecule has 0 amide bonds. The van der Waals surface area contributed by atoms with Crippen LogP contribution in [0.15, 0.2) is 42.7 Å². The van der Waals surface area contributed by atoms with E-state index in [9.17, 15) is 4.39 Å². The second-order valence-corrected chi connectivity index (χ2v) is 4.20. The van der Waals surface area contributed by atoms with E-state index in [1.54, 1.807) is 29.2 Å². The number of aryl methyl sites for hydroxylation is 1. The van der Waals surface area contributed by atoms with Gasteiger partial charge in [0.2, 0.25) is 0 Å². The molecule has 3 aromatic rings. The number of anilines is 1. The molecule has 1 aromatic carbocycles. The molecule has 0 saturated heterocycles. The fraction of sp³-hybridized carbons (Fsp3) is 0.0769. The normalized spacial score (nSPS) is 10.8. The number of aromatic nitrogens is 4. The Bertz CT molecular complexity index is 728. The lowest BCUT2D eigenvalue weighted by Crippen LogP contribution is -2.00. The molecule has 5 nitrogen and oxygen atoms in total. The Morgan fingerprint density at radius 2 is 2.05 bits per heavy atom. The van der Waals surface area contributed by atoms with Crippen LogP contribution in [0.4, 0.5) is 10.1 Å². The van der Waals surface area contributed by atoms with Gasteiger partial charge in [-0.3, -0.25) is 4.68 Å². The quantitative estimate of drug-likeness (QED) is 0.714. The molecule has 0 unspecified atom stereocenters. The molecule has 0 saturated carbocycles. The first-order chi connectivity index (χ1) is 9.15. The minimum atomic E-state index is -0.403. The number of halogens is 1. The van der Waals surface area contributed by atoms with Crippen LogP contribution >= 0.6 is 0 Å². The molecule has 0 aliphatic rings. The van der Waals surface area contributed by atoms with E-state index in [-0.39, 0.29) is 0 Å². The number of rotatable bonds is 2. The van der Waals surface area contributed by atoms with Crippen molar-refractivity contribution in [1.82, 2.24) is 19.6 Å². The molecule has 0 spiro atoms. The van der Waals surface area contributed by atoms with Crippen molar-refractivity contribution in [2.45, 2.75) is 0 Å². The van der Waals surface area contributed by atoms with Crippen molar-refractivity contribution >= 4 is 5.69 Å². The lowest BCUT2D eigenvalue weighted by atomic mass is 10.3. The Hall–Kier alpha value is -2.63. The SMILES string of the molecule is Cn1nccc1-c1ccn(-c2ccc(N)cc2F)n1. The van der Waals surface area contributed by atoms with Gasteiger partial charge in [0.25, 0.3) is 0 Å². The topological polar surface area (TPSA) is 61.7 Å². The van der Waals surface area contributed by atoms with Crippen molar-refractivity contribution in [3.63, 3.8) is 0 Å². The van der Waals surface area contributed by atoms with Crippen molar-refractivity contribution in [2.24, 2.45) is 7.05 Å². The van der Waals surface area contributed by atoms with E-state index < -0.39 is 5.82 Å². The van der Waals surface area contributed by atoms with Crippen LogP contribution in [0.25, 0.3) is 17.1 Å². The highest BCUT2D eigenvalue weighted by molar-refractivity contribution is 5.54. The zero-order chi connectivity index (χ0) is 13.4. The van der Waals surface area contributed by atoms with Gasteiger partial charge in [0, 0.05) is 25.1 Å². The third-order valence-corrected chi connectivity index (χ3v) is 2.89. The number of hydrogen-bond acceptors (Lipinski definition) is 3. The molecule has 0 aliphatic heterocycles. The van der Waals surface area contributed by atoms with Crippen LogP contribution < -0.4 is 5.73 Å². The molecule has 0 fully saturated rings. The number of nitrogens with two attached hydrogens (primary N) is 1. The standard InChI is InChI=1S/C13H12FN5/c1-18-13(4-6-16-18)11-5-7-19(17-11)12-3-2-9(15)8-10(12)14/h2-8H,15H2,1H3. The Kier molecular flexibility index (Phi) is 2.56. The molecule has 2 heterocycles. The summed E-state index contributed by atoms with van der Waals surface area (Å²) in [4.78, 5) is 0. The van der Waals surface area contributed by atoms with Crippen LogP contribution in [-0.4, -0.2) is 19.6 Å². The summed E-state index contributed by atoms with van der Waals surface area (Å²) in [5.74, 6) is -0.403. The van der Waals surface area contributed by atoms with Crippen LogP contribution in [0.1, 0.15) is 0 Å².